The van der Waals surface area contributed by atoms with E-state index in [0.29, 0.717) is 6.61 Å². The first-order valence-electron chi connectivity index (χ1n) is 7.31. The van der Waals surface area contributed by atoms with Crippen molar-refractivity contribution >= 4 is 12.2 Å². The molecule has 0 aliphatic carbocycles. The van der Waals surface area contributed by atoms with E-state index in [4.69, 9.17) is 9.47 Å². The summed E-state index contributed by atoms with van der Waals surface area (Å²) >= 11 is 0. The van der Waals surface area contributed by atoms with E-state index < -0.39 is 12.2 Å². The van der Waals surface area contributed by atoms with E-state index in [1.54, 1.807) is 0 Å². The number of azo groups is 1. The second-order valence-electron chi connectivity index (χ2n) is 5.05. The van der Waals surface area contributed by atoms with Crippen LogP contribution in [0.5, 0.6) is 0 Å². The first-order valence-corrected chi connectivity index (χ1v) is 7.31. The van der Waals surface area contributed by atoms with Crippen molar-refractivity contribution in [2.45, 2.75) is 59.3 Å². The van der Waals surface area contributed by atoms with Crippen LogP contribution in [0.4, 0.5) is 9.59 Å². The number of hydrogen-bond acceptors (Lipinski definition) is 4. The van der Waals surface area contributed by atoms with Crippen LogP contribution >= 0.6 is 0 Å². The Morgan fingerprint density at radius 2 is 1.45 bits per heavy atom. The average molecular weight is 286 g/mol. The molecule has 0 saturated heterocycles. The number of amides is 2. The topological polar surface area (TPSA) is 77.3 Å². The number of rotatable bonds is 9. The summed E-state index contributed by atoms with van der Waals surface area (Å²) in [7, 11) is 0. The molecule has 0 rings (SSSR count). The van der Waals surface area contributed by atoms with Crippen molar-refractivity contribution in [3.05, 3.63) is 0 Å². The first-order chi connectivity index (χ1) is 9.56. The second-order valence-corrected chi connectivity index (χ2v) is 5.05. The van der Waals surface area contributed by atoms with E-state index in [2.05, 4.69) is 17.2 Å². The van der Waals surface area contributed by atoms with Gasteiger partial charge in [-0.25, -0.2) is 9.59 Å². The van der Waals surface area contributed by atoms with E-state index >= 15 is 0 Å². The fourth-order valence-electron chi connectivity index (χ4n) is 1.42. The zero-order valence-corrected chi connectivity index (χ0v) is 12.8. The zero-order chi connectivity index (χ0) is 15.2. The van der Waals surface area contributed by atoms with Gasteiger partial charge in [0.05, 0.1) is 13.2 Å². The summed E-state index contributed by atoms with van der Waals surface area (Å²) in [6.07, 6.45) is 4.94. The Labute approximate surface area is 120 Å². The molecule has 0 aromatic heterocycles. The predicted molar refractivity (Wildman–Crippen MR) is 75.8 cm³/mol. The summed E-state index contributed by atoms with van der Waals surface area (Å²) in [5, 5.41) is 6.26. The molecule has 116 valence electrons. The SMILES string of the molecule is CCCCCCCCOC(=O)/N=N/C(=O)OCC(C)C. The van der Waals surface area contributed by atoms with E-state index in [9.17, 15) is 9.59 Å². The molecule has 0 unspecified atom stereocenters. The number of carbonyl (C=O) groups is 2. The number of nitrogens with zero attached hydrogens (tertiary/aromatic N) is 2. The average Bonchev–Trinajstić information content (AvgIpc) is 2.41. The van der Waals surface area contributed by atoms with Crippen LogP contribution in [0.25, 0.3) is 0 Å². The molecule has 0 spiro atoms. The molecular formula is C14H26N2O4. The monoisotopic (exact) mass is 286 g/mol. The zero-order valence-electron chi connectivity index (χ0n) is 12.8. The summed E-state index contributed by atoms with van der Waals surface area (Å²) < 4.78 is 9.54. The molecule has 0 aromatic carbocycles. The highest BCUT2D eigenvalue weighted by Crippen LogP contribution is 2.05. The van der Waals surface area contributed by atoms with E-state index in [0.717, 1.165) is 19.3 Å². The molecule has 20 heavy (non-hydrogen) atoms. The third-order valence-electron chi connectivity index (χ3n) is 2.48. The quantitative estimate of drug-likeness (QED) is 0.453. The van der Waals surface area contributed by atoms with Crippen molar-refractivity contribution in [1.29, 1.82) is 0 Å². The van der Waals surface area contributed by atoms with Crippen LogP contribution in [-0.2, 0) is 9.47 Å². The molecule has 6 heteroatoms. The lowest BCUT2D eigenvalue weighted by Crippen LogP contribution is -2.06. The largest absolute Gasteiger partial charge is 0.452 e. The molecule has 0 saturated carbocycles. The van der Waals surface area contributed by atoms with Gasteiger partial charge in [0.1, 0.15) is 0 Å². The van der Waals surface area contributed by atoms with Gasteiger partial charge < -0.3 is 9.47 Å². The molecule has 0 aliphatic rings. The minimum absolute atomic E-state index is 0.216. The van der Waals surface area contributed by atoms with Crippen LogP contribution < -0.4 is 0 Å². The summed E-state index contributed by atoms with van der Waals surface area (Å²) in [5.74, 6) is 0.216. The van der Waals surface area contributed by atoms with E-state index in [1.165, 1.54) is 19.3 Å². The maximum absolute atomic E-state index is 11.1. The molecule has 0 aliphatic heterocycles. The highest BCUT2D eigenvalue weighted by molar-refractivity contribution is 5.73. The summed E-state index contributed by atoms with van der Waals surface area (Å²) in [4.78, 5) is 22.2. The Balaban J connectivity index is 3.55. The normalized spacial score (nSPS) is 11.0. The minimum atomic E-state index is -0.866. The van der Waals surface area contributed by atoms with Crippen LogP contribution in [0.15, 0.2) is 10.2 Å². The Hall–Kier alpha value is -1.46. The number of unbranched alkanes of at least 4 members (excludes halogenated alkanes) is 5. The molecule has 0 radical (unpaired) electrons. The van der Waals surface area contributed by atoms with Gasteiger partial charge in [-0.15, -0.1) is 0 Å². The Morgan fingerprint density at radius 1 is 0.900 bits per heavy atom. The number of carbonyl (C=O) groups excluding carboxylic acids is 2. The van der Waals surface area contributed by atoms with Gasteiger partial charge in [-0.3, -0.25) is 0 Å². The molecule has 2 amide bonds. The van der Waals surface area contributed by atoms with Gasteiger partial charge in [-0.2, -0.15) is 0 Å². The molecule has 0 heterocycles. The van der Waals surface area contributed by atoms with Crippen molar-refractivity contribution < 1.29 is 19.1 Å². The van der Waals surface area contributed by atoms with Gasteiger partial charge in [-0.05, 0) is 12.3 Å². The van der Waals surface area contributed by atoms with Crippen molar-refractivity contribution in [2.24, 2.45) is 16.1 Å². The maximum Gasteiger partial charge on any atom is 0.452 e. The van der Waals surface area contributed by atoms with E-state index in [-0.39, 0.29) is 12.5 Å². The Bertz CT molecular complexity index is 304. The van der Waals surface area contributed by atoms with Gasteiger partial charge in [0, 0.05) is 0 Å². The van der Waals surface area contributed by atoms with Gasteiger partial charge in [-0.1, -0.05) is 63.1 Å². The fraction of sp³-hybridized carbons (Fsp3) is 0.857. The fourth-order valence-corrected chi connectivity index (χ4v) is 1.42. The van der Waals surface area contributed by atoms with Crippen LogP contribution in [0, 0.1) is 5.92 Å². The molecule has 0 bridgehead atoms. The van der Waals surface area contributed by atoms with Gasteiger partial charge in [0.15, 0.2) is 0 Å². The molecule has 0 atom stereocenters. The molecule has 6 nitrogen and oxygen atoms in total. The van der Waals surface area contributed by atoms with Gasteiger partial charge in [0.2, 0.25) is 0 Å². The molecule has 0 aromatic rings. The summed E-state index contributed by atoms with van der Waals surface area (Å²) in [6, 6.07) is 0. The predicted octanol–water partition coefficient (Wildman–Crippen LogP) is 4.73. The molecule has 0 N–H and O–H groups in total. The lowest BCUT2D eigenvalue weighted by atomic mass is 10.1. The lowest BCUT2D eigenvalue weighted by molar-refractivity contribution is 0.136. The maximum atomic E-state index is 11.1. The van der Waals surface area contributed by atoms with Gasteiger partial charge in [0.25, 0.3) is 0 Å². The third-order valence-corrected chi connectivity index (χ3v) is 2.48. The smallest absolute Gasteiger partial charge is 0.447 e. The first kappa shape index (κ1) is 18.5. The highest BCUT2D eigenvalue weighted by Gasteiger charge is 2.04. The number of ether oxygens (including phenoxy) is 2. The van der Waals surface area contributed by atoms with Crippen LogP contribution in [0.3, 0.4) is 0 Å². The lowest BCUT2D eigenvalue weighted by Gasteiger charge is -2.03. The summed E-state index contributed by atoms with van der Waals surface area (Å²) in [6.45, 7) is 6.53. The van der Waals surface area contributed by atoms with Crippen LogP contribution in [0.2, 0.25) is 0 Å². The molecular weight excluding hydrogens is 260 g/mol. The highest BCUT2D eigenvalue weighted by atomic mass is 16.6. The van der Waals surface area contributed by atoms with Crippen LogP contribution in [0.1, 0.15) is 59.3 Å². The Kier molecular flexibility index (Phi) is 11.7. The van der Waals surface area contributed by atoms with Crippen molar-refractivity contribution in [3.8, 4) is 0 Å². The third kappa shape index (κ3) is 13.0. The van der Waals surface area contributed by atoms with E-state index in [1.807, 2.05) is 13.8 Å². The Morgan fingerprint density at radius 3 is 2.05 bits per heavy atom. The van der Waals surface area contributed by atoms with Crippen molar-refractivity contribution in [2.75, 3.05) is 13.2 Å². The standard InChI is InChI=1S/C14H26N2O4/c1-4-5-6-7-8-9-10-19-13(17)15-16-14(18)20-11-12(2)3/h12H,4-11H2,1-3H3/b16-15+. The molecule has 0 fully saturated rings. The van der Waals surface area contributed by atoms with Crippen molar-refractivity contribution in [3.63, 3.8) is 0 Å². The van der Waals surface area contributed by atoms with Crippen LogP contribution in [-0.4, -0.2) is 25.4 Å². The van der Waals surface area contributed by atoms with Crippen molar-refractivity contribution in [1.82, 2.24) is 0 Å². The van der Waals surface area contributed by atoms with Gasteiger partial charge >= 0.3 is 12.2 Å². The summed E-state index contributed by atoms with van der Waals surface area (Å²) in [5.41, 5.74) is 0. The second kappa shape index (κ2) is 12.6. The number of hydrogen-bond donors (Lipinski definition) is 0. The minimum Gasteiger partial charge on any atom is -0.447 e.